The lowest BCUT2D eigenvalue weighted by molar-refractivity contribution is -0.0411. The van der Waals surface area contributed by atoms with Gasteiger partial charge in [0.15, 0.2) is 0 Å². The van der Waals surface area contributed by atoms with E-state index in [1.54, 1.807) is 12.1 Å². The molecule has 1 unspecified atom stereocenters. The van der Waals surface area contributed by atoms with Gasteiger partial charge in [-0.1, -0.05) is 0 Å². The lowest BCUT2D eigenvalue weighted by Gasteiger charge is -2.37. The van der Waals surface area contributed by atoms with Crippen molar-refractivity contribution in [3.8, 4) is 5.75 Å². The zero-order chi connectivity index (χ0) is 13.5. The number of anilines is 1. The first kappa shape index (κ1) is 12.7. The van der Waals surface area contributed by atoms with Gasteiger partial charge in [0.2, 0.25) is 0 Å². The Bertz CT molecular complexity index is 496. The van der Waals surface area contributed by atoms with Crippen molar-refractivity contribution in [2.24, 2.45) is 0 Å². The molecule has 0 aromatic heterocycles. The van der Waals surface area contributed by atoms with Crippen LogP contribution in [0, 0.1) is 0 Å². The number of methoxy groups -OCH3 is 1. The minimum Gasteiger partial charge on any atom is -0.485 e. The number of hydrogen-bond donors (Lipinski definition) is 2. The molecular weight excluding hydrogens is 234 g/mol. The van der Waals surface area contributed by atoms with E-state index in [2.05, 4.69) is 4.74 Å². The van der Waals surface area contributed by atoms with Crippen LogP contribution in [-0.2, 0) is 11.2 Å². The monoisotopic (exact) mass is 251 g/mol. The second-order valence-electron chi connectivity index (χ2n) is 4.96. The molecule has 1 aliphatic heterocycles. The number of ether oxygens (including phenoxy) is 2. The molecule has 1 heterocycles. The van der Waals surface area contributed by atoms with E-state index in [9.17, 15) is 9.90 Å². The number of nitrogens with two attached hydrogens (primary N) is 1. The molecule has 1 atom stereocenters. The summed E-state index contributed by atoms with van der Waals surface area (Å²) in [4.78, 5) is 11.5. The largest absolute Gasteiger partial charge is 0.485 e. The summed E-state index contributed by atoms with van der Waals surface area (Å²) in [5.41, 5.74) is 6.51. The third-order valence-electron chi connectivity index (χ3n) is 3.23. The van der Waals surface area contributed by atoms with E-state index in [-0.39, 0.29) is 0 Å². The molecule has 0 spiro atoms. The number of rotatable bonds is 1. The van der Waals surface area contributed by atoms with Crippen molar-refractivity contribution in [1.82, 2.24) is 0 Å². The molecular formula is C13H17NO4. The van der Waals surface area contributed by atoms with Gasteiger partial charge < -0.3 is 20.3 Å². The maximum atomic E-state index is 11.5. The third kappa shape index (κ3) is 2.01. The molecule has 0 radical (unpaired) electrons. The molecule has 0 bridgehead atoms. The topological polar surface area (TPSA) is 81.8 Å². The molecule has 1 aliphatic rings. The summed E-state index contributed by atoms with van der Waals surface area (Å²) in [6, 6.07) is 3.23. The quantitative estimate of drug-likeness (QED) is 0.577. The zero-order valence-corrected chi connectivity index (χ0v) is 10.7. The van der Waals surface area contributed by atoms with E-state index >= 15 is 0 Å². The molecule has 0 amide bonds. The van der Waals surface area contributed by atoms with Crippen LogP contribution in [0.3, 0.4) is 0 Å². The van der Waals surface area contributed by atoms with Gasteiger partial charge in [0.25, 0.3) is 0 Å². The van der Waals surface area contributed by atoms with Crippen molar-refractivity contribution in [2.75, 3.05) is 12.8 Å². The maximum Gasteiger partial charge on any atom is 0.339 e. The van der Waals surface area contributed by atoms with Crippen LogP contribution >= 0.6 is 0 Å². The summed E-state index contributed by atoms with van der Waals surface area (Å²) in [6.07, 6.45) is -0.203. The Labute approximate surface area is 106 Å². The van der Waals surface area contributed by atoms with Gasteiger partial charge in [0.1, 0.15) is 11.4 Å². The summed E-state index contributed by atoms with van der Waals surface area (Å²) in [6.45, 7) is 3.62. The number of esters is 1. The van der Waals surface area contributed by atoms with Gasteiger partial charge in [-0.25, -0.2) is 4.79 Å². The van der Waals surface area contributed by atoms with Gasteiger partial charge in [0.05, 0.1) is 18.8 Å². The van der Waals surface area contributed by atoms with E-state index in [1.807, 2.05) is 13.8 Å². The molecule has 98 valence electrons. The van der Waals surface area contributed by atoms with Crippen LogP contribution in [0.1, 0.15) is 29.8 Å². The molecule has 5 heteroatoms. The smallest absolute Gasteiger partial charge is 0.339 e. The minimum absolute atomic E-state index is 0.298. The predicted molar refractivity (Wildman–Crippen MR) is 66.6 cm³/mol. The number of aliphatic hydroxyl groups is 1. The van der Waals surface area contributed by atoms with E-state index in [0.717, 1.165) is 5.56 Å². The number of hydrogen-bond acceptors (Lipinski definition) is 5. The van der Waals surface area contributed by atoms with Gasteiger partial charge in [-0.2, -0.15) is 0 Å². The highest BCUT2D eigenvalue weighted by Crippen LogP contribution is 2.36. The first-order valence-electron chi connectivity index (χ1n) is 5.73. The Morgan fingerprint density at radius 3 is 2.83 bits per heavy atom. The fraction of sp³-hybridized carbons (Fsp3) is 0.462. The van der Waals surface area contributed by atoms with E-state index in [0.29, 0.717) is 23.4 Å². The second-order valence-corrected chi connectivity index (χ2v) is 4.96. The molecule has 2 rings (SSSR count). The van der Waals surface area contributed by atoms with E-state index in [1.165, 1.54) is 7.11 Å². The average molecular weight is 251 g/mol. The lowest BCUT2D eigenvalue weighted by Crippen LogP contribution is -2.46. The van der Waals surface area contributed by atoms with Gasteiger partial charge in [0, 0.05) is 18.2 Å². The lowest BCUT2D eigenvalue weighted by atomic mass is 9.90. The van der Waals surface area contributed by atoms with Crippen LogP contribution in [0.15, 0.2) is 12.1 Å². The fourth-order valence-corrected chi connectivity index (χ4v) is 1.99. The average Bonchev–Trinajstić information content (AvgIpc) is 2.29. The third-order valence-corrected chi connectivity index (χ3v) is 3.23. The summed E-state index contributed by atoms with van der Waals surface area (Å²) in [7, 11) is 1.30. The molecule has 3 N–H and O–H groups in total. The van der Waals surface area contributed by atoms with Crippen LogP contribution in [0.5, 0.6) is 5.75 Å². The maximum absolute atomic E-state index is 11.5. The summed E-state index contributed by atoms with van der Waals surface area (Å²) in [5.74, 6) is 0.116. The van der Waals surface area contributed by atoms with Crippen LogP contribution in [0.25, 0.3) is 0 Å². The van der Waals surface area contributed by atoms with Crippen molar-refractivity contribution >= 4 is 11.7 Å². The molecule has 0 saturated carbocycles. The first-order chi connectivity index (χ1) is 8.35. The Morgan fingerprint density at radius 2 is 2.22 bits per heavy atom. The number of nitrogen functional groups attached to an aromatic ring is 1. The number of fused-ring (bicyclic) bond motifs is 1. The Balaban J connectivity index is 2.46. The Morgan fingerprint density at radius 1 is 1.56 bits per heavy atom. The van der Waals surface area contributed by atoms with Crippen molar-refractivity contribution < 1.29 is 19.4 Å². The van der Waals surface area contributed by atoms with Crippen LogP contribution in [-0.4, -0.2) is 29.9 Å². The molecule has 1 aromatic rings. The molecule has 0 fully saturated rings. The van der Waals surface area contributed by atoms with Crippen LogP contribution < -0.4 is 10.5 Å². The highest BCUT2D eigenvalue weighted by Gasteiger charge is 2.36. The van der Waals surface area contributed by atoms with Crippen molar-refractivity contribution in [3.05, 3.63) is 23.3 Å². The molecule has 5 nitrogen and oxygen atoms in total. The Kier molecular flexibility index (Phi) is 2.94. The van der Waals surface area contributed by atoms with Crippen LogP contribution in [0.2, 0.25) is 0 Å². The second kappa shape index (κ2) is 4.17. The van der Waals surface area contributed by atoms with Crippen molar-refractivity contribution in [3.63, 3.8) is 0 Å². The van der Waals surface area contributed by atoms with Gasteiger partial charge in [-0.3, -0.25) is 0 Å². The molecule has 18 heavy (non-hydrogen) atoms. The summed E-state index contributed by atoms with van der Waals surface area (Å²) in [5, 5.41) is 9.97. The van der Waals surface area contributed by atoms with E-state index < -0.39 is 17.7 Å². The Hall–Kier alpha value is -1.75. The SMILES string of the molecule is COC(=O)c1cc2c(cc1N)OC(C)(C)C(O)C2. The predicted octanol–water partition coefficient (Wildman–Crippen LogP) is 1.13. The van der Waals surface area contributed by atoms with Crippen molar-refractivity contribution in [1.29, 1.82) is 0 Å². The summed E-state index contributed by atoms with van der Waals surface area (Å²) >= 11 is 0. The first-order valence-corrected chi connectivity index (χ1v) is 5.73. The molecule has 0 saturated heterocycles. The number of aliphatic hydroxyl groups excluding tert-OH is 1. The number of carbonyl (C=O) groups is 1. The van der Waals surface area contributed by atoms with Crippen molar-refractivity contribution in [2.45, 2.75) is 32.0 Å². The van der Waals surface area contributed by atoms with E-state index in [4.69, 9.17) is 10.5 Å². The number of carbonyl (C=O) groups excluding carboxylic acids is 1. The normalized spacial score (nSPS) is 20.8. The highest BCUT2D eigenvalue weighted by atomic mass is 16.5. The van der Waals surface area contributed by atoms with Gasteiger partial charge in [-0.15, -0.1) is 0 Å². The highest BCUT2D eigenvalue weighted by molar-refractivity contribution is 5.95. The summed E-state index contributed by atoms with van der Waals surface area (Å²) < 4.78 is 10.4. The van der Waals surface area contributed by atoms with Gasteiger partial charge in [-0.05, 0) is 25.5 Å². The zero-order valence-electron chi connectivity index (χ0n) is 10.7. The molecule has 1 aromatic carbocycles. The number of benzene rings is 1. The molecule has 0 aliphatic carbocycles. The minimum atomic E-state index is -0.660. The fourth-order valence-electron chi connectivity index (χ4n) is 1.99. The van der Waals surface area contributed by atoms with Crippen LogP contribution in [0.4, 0.5) is 5.69 Å². The van der Waals surface area contributed by atoms with Gasteiger partial charge >= 0.3 is 5.97 Å². The standard InChI is InChI=1S/C13H17NO4/c1-13(2)11(15)5-7-4-8(12(16)17-3)9(14)6-10(7)18-13/h4,6,11,15H,5,14H2,1-3H3.